The minimum absolute atomic E-state index is 0.0931. The van der Waals surface area contributed by atoms with Gasteiger partial charge < -0.3 is 26.0 Å². The van der Waals surface area contributed by atoms with E-state index in [9.17, 15) is 15.0 Å². The predicted octanol–water partition coefficient (Wildman–Crippen LogP) is -3.47. The van der Waals surface area contributed by atoms with E-state index in [0.29, 0.717) is 6.54 Å². The highest BCUT2D eigenvalue weighted by Crippen LogP contribution is 2.39. The van der Waals surface area contributed by atoms with Crippen molar-refractivity contribution >= 4 is 18.1 Å². The standard InChI is InChI=1S/C12H17N5O4/c13-12-16-10-4(11(20)17-12)3(2-15-10)1-14-5-6(18)7(19)9-8(5)21-9/h2-10,14,18-19H,1H2,(H3,13,16,17,20). The second-order valence-corrected chi connectivity index (χ2v) is 5.89. The predicted molar refractivity (Wildman–Crippen MR) is 71.5 cm³/mol. The number of nitrogens with one attached hydrogen (secondary N) is 2. The van der Waals surface area contributed by atoms with Crippen molar-refractivity contribution in [3.8, 4) is 0 Å². The molecule has 3 heterocycles. The number of aliphatic hydroxyl groups is 2. The molecule has 4 aliphatic rings. The van der Waals surface area contributed by atoms with Crippen LogP contribution in [0.3, 0.4) is 0 Å². The van der Waals surface area contributed by atoms with Crippen molar-refractivity contribution in [2.45, 2.75) is 36.6 Å². The number of epoxide rings is 1. The van der Waals surface area contributed by atoms with E-state index in [-0.39, 0.29) is 42.0 Å². The number of carbonyl (C=O) groups excluding carboxylic acids is 1. The van der Waals surface area contributed by atoms with Crippen LogP contribution in [-0.4, -0.2) is 71.5 Å². The van der Waals surface area contributed by atoms with E-state index in [1.165, 1.54) is 0 Å². The maximum absolute atomic E-state index is 12.0. The monoisotopic (exact) mass is 295 g/mol. The van der Waals surface area contributed by atoms with E-state index >= 15 is 0 Å². The molecule has 1 amide bonds. The van der Waals surface area contributed by atoms with Gasteiger partial charge in [0.2, 0.25) is 5.91 Å². The third kappa shape index (κ3) is 1.96. The van der Waals surface area contributed by atoms with E-state index in [0.717, 1.165) is 0 Å². The third-order valence-electron chi connectivity index (χ3n) is 4.60. The first kappa shape index (κ1) is 13.1. The van der Waals surface area contributed by atoms with Crippen molar-refractivity contribution < 1.29 is 19.7 Å². The van der Waals surface area contributed by atoms with Gasteiger partial charge in [0.1, 0.15) is 24.4 Å². The van der Waals surface area contributed by atoms with Crippen LogP contribution in [0.5, 0.6) is 0 Å². The molecule has 0 spiro atoms. The highest BCUT2D eigenvalue weighted by Gasteiger charge is 2.61. The minimum Gasteiger partial charge on any atom is -0.389 e. The van der Waals surface area contributed by atoms with Gasteiger partial charge in [-0.05, 0) is 0 Å². The summed E-state index contributed by atoms with van der Waals surface area (Å²) < 4.78 is 5.28. The second kappa shape index (κ2) is 4.47. The summed E-state index contributed by atoms with van der Waals surface area (Å²) in [6, 6.07) is -0.322. The molecule has 6 N–H and O–H groups in total. The molecule has 0 bridgehead atoms. The number of nitrogens with zero attached hydrogens (tertiary/aromatic N) is 2. The number of carbonyl (C=O) groups is 1. The first-order valence-corrected chi connectivity index (χ1v) is 6.98. The van der Waals surface area contributed by atoms with Crippen molar-refractivity contribution in [1.29, 1.82) is 0 Å². The van der Waals surface area contributed by atoms with E-state index < -0.39 is 18.4 Å². The van der Waals surface area contributed by atoms with Gasteiger partial charge in [-0.2, -0.15) is 0 Å². The Morgan fingerprint density at radius 1 is 1.38 bits per heavy atom. The number of guanidine groups is 1. The van der Waals surface area contributed by atoms with Gasteiger partial charge in [0, 0.05) is 18.7 Å². The van der Waals surface area contributed by atoms with Crippen molar-refractivity contribution in [1.82, 2.24) is 10.6 Å². The molecule has 9 nitrogen and oxygen atoms in total. The number of fused-ring (bicyclic) bond motifs is 2. The molecule has 21 heavy (non-hydrogen) atoms. The van der Waals surface area contributed by atoms with Crippen LogP contribution in [0.15, 0.2) is 9.98 Å². The molecule has 1 aliphatic carbocycles. The highest BCUT2D eigenvalue weighted by atomic mass is 16.6. The zero-order valence-corrected chi connectivity index (χ0v) is 11.1. The molecular formula is C12H17N5O4. The lowest BCUT2D eigenvalue weighted by Crippen LogP contribution is -2.52. The fraction of sp³-hybridized carbons (Fsp3) is 0.750. The van der Waals surface area contributed by atoms with Gasteiger partial charge in [0.25, 0.3) is 0 Å². The van der Waals surface area contributed by atoms with Crippen LogP contribution in [0.1, 0.15) is 0 Å². The number of rotatable bonds is 3. The fourth-order valence-corrected chi connectivity index (χ4v) is 3.42. The van der Waals surface area contributed by atoms with Crippen LogP contribution in [0.25, 0.3) is 0 Å². The van der Waals surface area contributed by atoms with Gasteiger partial charge in [-0.15, -0.1) is 0 Å². The van der Waals surface area contributed by atoms with Gasteiger partial charge in [0.05, 0.1) is 12.0 Å². The first-order valence-electron chi connectivity index (χ1n) is 6.98. The van der Waals surface area contributed by atoms with E-state index in [2.05, 4.69) is 20.6 Å². The Kier molecular flexibility index (Phi) is 2.80. The molecule has 0 radical (unpaired) electrons. The van der Waals surface area contributed by atoms with Gasteiger partial charge in [-0.25, -0.2) is 4.99 Å². The molecule has 1 saturated heterocycles. The molecule has 0 aromatic heterocycles. The van der Waals surface area contributed by atoms with Crippen molar-refractivity contribution in [2.75, 3.05) is 6.54 Å². The molecular weight excluding hydrogens is 278 g/mol. The Balaban J connectivity index is 1.40. The lowest BCUT2D eigenvalue weighted by molar-refractivity contribution is -0.125. The molecule has 3 aliphatic heterocycles. The average Bonchev–Trinajstić information content (AvgIpc) is 3.05. The van der Waals surface area contributed by atoms with Gasteiger partial charge >= 0.3 is 0 Å². The number of hydrogen-bond acceptors (Lipinski definition) is 8. The Morgan fingerprint density at radius 3 is 2.90 bits per heavy atom. The molecule has 4 rings (SSSR count). The van der Waals surface area contributed by atoms with E-state index in [1.54, 1.807) is 6.21 Å². The van der Waals surface area contributed by atoms with Crippen molar-refractivity contribution in [2.24, 2.45) is 27.6 Å². The summed E-state index contributed by atoms with van der Waals surface area (Å²) in [7, 11) is 0. The zero-order valence-electron chi connectivity index (χ0n) is 11.1. The molecule has 114 valence electrons. The van der Waals surface area contributed by atoms with Crippen molar-refractivity contribution in [3.63, 3.8) is 0 Å². The largest absolute Gasteiger partial charge is 0.389 e. The summed E-state index contributed by atoms with van der Waals surface area (Å²) in [5.41, 5.74) is 5.51. The molecule has 2 fully saturated rings. The van der Waals surface area contributed by atoms with Crippen LogP contribution in [0, 0.1) is 11.8 Å². The molecule has 8 atom stereocenters. The molecule has 9 heteroatoms. The van der Waals surface area contributed by atoms with Crippen LogP contribution >= 0.6 is 0 Å². The van der Waals surface area contributed by atoms with Gasteiger partial charge in [-0.3, -0.25) is 15.1 Å². The summed E-state index contributed by atoms with van der Waals surface area (Å²) in [6.07, 6.45) is -0.887. The molecule has 1 saturated carbocycles. The highest BCUT2D eigenvalue weighted by molar-refractivity contribution is 6.01. The van der Waals surface area contributed by atoms with Crippen molar-refractivity contribution in [3.05, 3.63) is 0 Å². The SMILES string of the molecule is NC1=NC2N=CC(CNC3C(O)C(O)C4OC34)C2C(=O)N1. The van der Waals surface area contributed by atoms with E-state index in [1.807, 2.05) is 0 Å². The maximum atomic E-state index is 12.0. The number of amides is 1. The first-order chi connectivity index (χ1) is 10.1. The normalized spacial score (nSPS) is 50.4. The fourth-order valence-electron chi connectivity index (χ4n) is 3.42. The number of hydrogen-bond donors (Lipinski definition) is 5. The second-order valence-electron chi connectivity index (χ2n) is 5.89. The Hall–Kier alpha value is -1.55. The quantitative estimate of drug-likeness (QED) is 0.342. The van der Waals surface area contributed by atoms with Gasteiger partial charge in [-0.1, -0.05) is 0 Å². The topological polar surface area (TPSA) is 145 Å². The smallest absolute Gasteiger partial charge is 0.234 e. The number of aliphatic imine (C=N–C) groups is 2. The Bertz CT molecular complexity index is 538. The molecule has 0 aromatic rings. The maximum Gasteiger partial charge on any atom is 0.234 e. The zero-order chi connectivity index (χ0) is 14.7. The summed E-state index contributed by atoms with van der Waals surface area (Å²) in [6.45, 7) is 0.453. The third-order valence-corrected chi connectivity index (χ3v) is 4.60. The Morgan fingerprint density at radius 2 is 2.19 bits per heavy atom. The Labute approximate surface area is 120 Å². The van der Waals surface area contributed by atoms with E-state index in [4.69, 9.17) is 10.5 Å². The van der Waals surface area contributed by atoms with Crippen LogP contribution < -0.4 is 16.4 Å². The van der Waals surface area contributed by atoms with Crippen LogP contribution in [-0.2, 0) is 9.53 Å². The number of nitrogens with two attached hydrogens (primary N) is 1. The number of aliphatic hydroxyl groups excluding tert-OH is 2. The average molecular weight is 295 g/mol. The lowest BCUT2D eigenvalue weighted by atomic mass is 9.91. The van der Waals surface area contributed by atoms with Crippen LogP contribution in [0.2, 0.25) is 0 Å². The summed E-state index contributed by atoms with van der Waals surface area (Å²) in [5, 5.41) is 25.3. The van der Waals surface area contributed by atoms with Crippen LogP contribution in [0.4, 0.5) is 0 Å². The minimum atomic E-state index is -0.850. The summed E-state index contributed by atoms with van der Waals surface area (Å²) >= 11 is 0. The number of ether oxygens (including phenoxy) is 1. The van der Waals surface area contributed by atoms with Gasteiger partial charge in [0.15, 0.2) is 12.1 Å². The lowest BCUT2D eigenvalue weighted by Gasteiger charge is -2.27. The summed E-state index contributed by atoms with van der Waals surface area (Å²) in [5.74, 6) is -0.613. The molecule has 8 unspecified atom stereocenters. The molecule has 0 aromatic carbocycles. The summed E-state index contributed by atoms with van der Waals surface area (Å²) in [4.78, 5) is 20.3.